The van der Waals surface area contributed by atoms with E-state index in [2.05, 4.69) is 9.68 Å². The highest BCUT2D eigenvalue weighted by Gasteiger charge is 2.37. The maximum atomic E-state index is 13.8. The number of hydrogen-bond donors (Lipinski definition) is 1. The molecule has 1 N–H and O–H groups in total. The van der Waals surface area contributed by atoms with Crippen LogP contribution in [0.3, 0.4) is 0 Å². The summed E-state index contributed by atoms with van der Waals surface area (Å²) in [5, 5.41) is 12.3. The van der Waals surface area contributed by atoms with Crippen LogP contribution in [-0.4, -0.2) is 10.3 Å². The van der Waals surface area contributed by atoms with Crippen LogP contribution in [0.1, 0.15) is 11.3 Å². The van der Waals surface area contributed by atoms with E-state index in [1.807, 2.05) is 0 Å². The zero-order valence-corrected chi connectivity index (χ0v) is 8.58. The standard InChI is InChI=1S/C10H6ClF2NO2/c11-7-3-1-6(2-4-7)10(12,13)8-5-9(15)16-14-8/h1-5,15H. The lowest BCUT2D eigenvalue weighted by Gasteiger charge is -2.12. The number of aromatic hydroxyl groups is 1. The number of nitrogens with zero attached hydrogens (tertiary/aromatic N) is 1. The number of aromatic nitrogens is 1. The third-order valence-electron chi connectivity index (χ3n) is 2.03. The largest absolute Gasteiger partial charge is 0.479 e. The zero-order chi connectivity index (χ0) is 11.8. The summed E-state index contributed by atoms with van der Waals surface area (Å²) in [6.45, 7) is 0. The molecule has 1 aromatic carbocycles. The second-order valence-corrected chi connectivity index (χ2v) is 3.57. The van der Waals surface area contributed by atoms with Gasteiger partial charge in [0.05, 0.1) is 6.07 Å². The normalized spacial score (nSPS) is 11.7. The lowest BCUT2D eigenvalue weighted by molar-refractivity contribution is 0.0345. The van der Waals surface area contributed by atoms with Crippen molar-refractivity contribution in [1.29, 1.82) is 0 Å². The Kier molecular flexibility index (Phi) is 2.55. The fourth-order valence-electron chi connectivity index (χ4n) is 1.22. The fourth-order valence-corrected chi connectivity index (χ4v) is 1.35. The van der Waals surface area contributed by atoms with Gasteiger partial charge in [-0.2, -0.15) is 8.78 Å². The number of alkyl halides is 2. The molecule has 1 heterocycles. The van der Waals surface area contributed by atoms with Crippen molar-refractivity contribution in [2.75, 3.05) is 0 Å². The average Bonchev–Trinajstić information content (AvgIpc) is 2.66. The molecular weight excluding hydrogens is 240 g/mol. The van der Waals surface area contributed by atoms with Crippen molar-refractivity contribution in [2.24, 2.45) is 0 Å². The van der Waals surface area contributed by atoms with Gasteiger partial charge in [0.25, 0.3) is 0 Å². The minimum absolute atomic E-state index is 0.273. The van der Waals surface area contributed by atoms with Crippen molar-refractivity contribution in [2.45, 2.75) is 5.92 Å². The van der Waals surface area contributed by atoms with Gasteiger partial charge in [-0.15, -0.1) is 0 Å². The van der Waals surface area contributed by atoms with Crippen LogP contribution in [0.4, 0.5) is 8.78 Å². The number of benzene rings is 1. The Morgan fingerprint density at radius 2 is 1.88 bits per heavy atom. The molecule has 0 fully saturated rings. The van der Waals surface area contributed by atoms with Gasteiger partial charge in [0.2, 0.25) is 0 Å². The van der Waals surface area contributed by atoms with Gasteiger partial charge in [-0.1, -0.05) is 28.9 Å². The summed E-state index contributed by atoms with van der Waals surface area (Å²) in [7, 11) is 0. The molecule has 6 heteroatoms. The first-order valence-corrected chi connectivity index (χ1v) is 4.68. The summed E-state index contributed by atoms with van der Waals surface area (Å²) < 4.78 is 31.7. The highest BCUT2D eigenvalue weighted by molar-refractivity contribution is 6.30. The Bertz CT molecular complexity index is 496. The minimum atomic E-state index is -3.32. The fraction of sp³-hybridized carbons (Fsp3) is 0.100. The summed E-state index contributed by atoms with van der Waals surface area (Å²) in [5.41, 5.74) is -0.919. The summed E-state index contributed by atoms with van der Waals surface area (Å²) in [6, 6.07) is 5.85. The molecule has 2 rings (SSSR count). The lowest BCUT2D eigenvalue weighted by Crippen LogP contribution is -2.15. The predicted molar refractivity (Wildman–Crippen MR) is 52.6 cm³/mol. The van der Waals surface area contributed by atoms with E-state index in [4.69, 9.17) is 16.7 Å². The van der Waals surface area contributed by atoms with Crippen molar-refractivity contribution in [3.63, 3.8) is 0 Å². The van der Waals surface area contributed by atoms with Crippen LogP contribution in [0.25, 0.3) is 0 Å². The van der Waals surface area contributed by atoms with E-state index >= 15 is 0 Å². The van der Waals surface area contributed by atoms with Gasteiger partial charge in [0.1, 0.15) is 0 Å². The minimum Gasteiger partial charge on any atom is -0.479 e. The van der Waals surface area contributed by atoms with Crippen LogP contribution in [0, 0.1) is 0 Å². The second-order valence-electron chi connectivity index (χ2n) is 3.13. The SMILES string of the molecule is Oc1cc(C(F)(F)c2ccc(Cl)cc2)no1. The maximum absolute atomic E-state index is 13.8. The lowest BCUT2D eigenvalue weighted by atomic mass is 10.1. The molecule has 0 saturated carbocycles. The van der Waals surface area contributed by atoms with Crippen molar-refractivity contribution in [3.05, 3.63) is 46.6 Å². The quantitative estimate of drug-likeness (QED) is 0.884. The highest BCUT2D eigenvalue weighted by atomic mass is 35.5. The van der Waals surface area contributed by atoms with Crippen molar-refractivity contribution in [3.8, 4) is 5.95 Å². The molecule has 0 amide bonds. The summed E-state index contributed by atoms with van der Waals surface area (Å²) >= 11 is 5.59. The van der Waals surface area contributed by atoms with Crippen molar-refractivity contribution in [1.82, 2.24) is 5.16 Å². The maximum Gasteiger partial charge on any atom is 0.318 e. The van der Waals surface area contributed by atoms with Crippen LogP contribution in [0.2, 0.25) is 5.02 Å². The molecule has 16 heavy (non-hydrogen) atoms. The molecule has 0 spiro atoms. The van der Waals surface area contributed by atoms with Gasteiger partial charge in [-0.3, -0.25) is 0 Å². The molecule has 0 unspecified atom stereocenters. The molecule has 0 aliphatic rings. The Balaban J connectivity index is 2.42. The van der Waals surface area contributed by atoms with Gasteiger partial charge in [0.15, 0.2) is 5.69 Å². The monoisotopic (exact) mass is 245 g/mol. The Morgan fingerprint density at radius 3 is 2.38 bits per heavy atom. The van der Waals surface area contributed by atoms with Crippen LogP contribution in [0.5, 0.6) is 5.95 Å². The molecule has 2 aromatic rings. The molecular formula is C10H6ClF2NO2. The van der Waals surface area contributed by atoms with Crippen LogP contribution in [0.15, 0.2) is 34.9 Å². The van der Waals surface area contributed by atoms with E-state index < -0.39 is 17.6 Å². The van der Waals surface area contributed by atoms with Gasteiger partial charge in [0, 0.05) is 10.6 Å². The first-order valence-electron chi connectivity index (χ1n) is 4.30. The molecule has 84 valence electrons. The van der Waals surface area contributed by atoms with Gasteiger partial charge in [-0.25, -0.2) is 0 Å². The molecule has 3 nitrogen and oxygen atoms in total. The third kappa shape index (κ3) is 1.86. The van der Waals surface area contributed by atoms with E-state index in [-0.39, 0.29) is 5.56 Å². The highest BCUT2D eigenvalue weighted by Crippen LogP contribution is 2.36. The number of rotatable bonds is 2. The Labute approximate surface area is 94.2 Å². The number of halogens is 3. The molecule has 0 atom stereocenters. The van der Waals surface area contributed by atoms with E-state index in [9.17, 15) is 8.78 Å². The summed E-state index contributed by atoms with van der Waals surface area (Å²) in [6.07, 6.45) is 0. The van der Waals surface area contributed by atoms with Crippen molar-refractivity contribution >= 4 is 11.6 Å². The van der Waals surface area contributed by atoms with Crippen molar-refractivity contribution < 1.29 is 18.4 Å². The first kappa shape index (κ1) is 10.9. The first-order chi connectivity index (χ1) is 7.50. The van der Waals surface area contributed by atoms with Gasteiger partial charge < -0.3 is 9.63 Å². The van der Waals surface area contributed by atoms with E-state index in [1.54, 1.807) is 0 Å². The van der Waals surface area contributed by atoms with E-state index in [1.165, 1.54) is 24.3 Å². The molecule has 0 aliphatic heterocycles. The topological polar surface area (TPSA) is 46.3 Å². The summed E-state index contributed by atoms with van der Waals surface area (Å²) in [5.74, 6) is -3.97. The smallest absolute Gasteiger partial charge is 0.318 e. The molecule has 0 radical (unpaired) electrons. The van der Waals surface area contributed by atoms with E-state index in [0.29, 0.717) is 5.02 Å². The molecule has 0 bridgehead atoms. The Morgan fingerprint density at radius 1 is 1.25 bits per heavy atom. The third-order valence-corrected chi connectivity index (χ3v) is 2.28. The molecule has 0 saturated heterocycles. The van der Waals surface area contributed by atoms with Gasteiger partial charge >= 0.3 is 11.9 Å². The Hall–Kier alpha value is -1.62. The summed E-state index contributed by atoms with van der Waals surface area (Å²) in [4.78, 5) is 0. The predicted octanol–water partition coefficient (Wildman–Crippen LogP) is 3.17. The average molecular weight is 246 g/mol. The van der Waals surface area contributed by atoms with Crippen LogP contribution >= 0.6 is 11.6 Å². The second kappa shape index (κ2) is 3.75. The molecule has 1 aromatic heterocycles. The van der Waals surface area contributed by atoms with Gasteiger partial charge in [-0.05, 0) is 12.1 Å². The molecule has 0 aliphatic carbocycles. The van der Waals surface area contributed by atoms with Crippen LogP contribution in [-0.2, 0) is 5.92 Å². The zero-order valence-electron chi connectivity index (χ0n) is 7.82. The number of hydrogen-bond acceptors (Lipinski definition) is 3. The van der Waals surface area contributed by atoms with E-state index in [0.717, 1.165) is 6.07 Å². The van der Waals surface area contributed by atoms with Crippen LogP contribution < -0.4 is 0 Å².